The molecule has 0 spiro atoms. The molecule has 167 valence electrons. The van der Waals surface area contributed by atoms with Crippen molar-refractivity contribution in [3.63, 3.8) is 0 Å². The zero-order chi connectivity index (χ0) is 22.9. The van der Waals surface area contributed by atoms with Gasteiger partial charge >= 0.3 is 148 Å². The molecule has 3 heterocycles. The number of amides is 1. The maximum atomic E-state index is 12.7. The summed E-state index contributed by atoms with van der Waals surface area (Å²) in [6, 6.07) is 0. The zero-order valence-corrected chi connectivity index (χ0v) is 19.7. The summed E-state index contributed by atoms with van der Waals surface area (Å²) in [6.45, 7) is 8.29. The summed E-state index contributed by atoms with van der Waals surface area (Å²) >= 11 is 1.45. The molecule has 2 aromatic heterocycles. The number of aromatic nitrogens is 1. The van der Waals surface area contributed by atoms with E-state index in [2.05, 4.69) is 15.0 Å². The Morgan fingerprint density at radius 2 is 1.94 bits per heavy atom. The monoisotopic (exact) mass is 445 g/mol. The summed E-state index contributed by atoms with van der Waals surface area (Å²) in [5, 5.41) is 8.57. The van der Waals surface area contributed by atoms with Crippen molar-refractivity contribution in [2.24, 2.45) is 0 Å². The van der Waals surface area contributed by atoms with Gasteiger partial charge in [-0.05, 0) is 13.8 Å². The molecule has 0 unspecified atom stereocenters. The minimum atomic E-state index is -0.0783. The van der Waals surface area contributed by atoms with Crippen LogP contribution in [-0.2, 0) is 14.3 Å². The van der Waals surface area contributed by atoms with Crippen molar-refractivity contribution in [1.82, 2.24) is 5.16 Å². The number of hydrogen-bond acceptors (Lipinski definition) is 6. The molecule has 3 rings (SSSR count). The van der Waals surface area contributed by atoms with Gasteiger partial charge in [-0.2, -0.15) is 0 Å². The van der Waals surface area contributed by atoms with Crippen molar-refractivity contribution in [3.8, 4) is 0 Å². The van der Waals surface area contributed by atoms with Gasteiger partial charge in [0.25, 0.3) is 0 Å². The molecule has 9 heteroatoms. The zero-order valence-electron chi connectivity index (χ0n) is 18.9. The Morgan fingerprint density at radius 1 is 1.26 bits per heavy atom. The number of hydrogen-bond donors (Lipinski definition) is 1. The number of methoxy groups -OCH3 is 1. The second kappa shape index (κ2) is 12.0. The van der Waals surface area contributed by atoms with Crippen LogP contribution in [-0.4, -0.2) is 68.3 Å². The van der Waals surface area contributed by atoms with Crippen LogP contribution in [0, 0.1) is 20.8 Å². The summed E-state index contributed by atoms with van der Waals surface area (Å²) in [5.41, 5.74) is 4.06. The van der Waals surface area contributed by atoms with Crippen molar-refractivity contribution in [1.29, 1.82) is 0 Å². The number of likely N-dealkylation sites (tertiary alicyclic amines) is 1. The van der Waals surface area contributed by atoms with Crippen molar-refractivity contribution >= 4 is 42.4 Å². The average molecular weight is 445 g/mol. The van der Waals surface area contributed by atoms with Crippen LogP contribution >= 0.6 is 11.3 Å². The van der Waals surface area contributed by atoms with E-state index >= 15 is 0 Å². The molecule has 1 N–H and O–H groups in total. The van der Waals surface area contributed by atoms with Crippen molar-refractivity contribution in [2.75, 3.05) is 38.6 Å². The number of ether oxygens (including phenoxy) is 1. The first-order chi connectivity index (χ1) is 14.8. The molecule has 1 amide bonds. The summed E-state index contributed by atoms with van der Waals surface area (Å²) in [4.78, 5) is 24.5. The molecular formula is C22H32BN3O4S+. The molecule has 1 radical (unpaired) electrons. The first-order valence-corrected chi connectivity index (χ1v) is 11.4. The Kier molecular flexibility index (Phi) is 9.64. The van der Waals surface area contributed by atoms with Gasteiger partial charge in [-0.15, -0.1) is 0 Å². The second-order valence-corrected chi connectivity index (χ2v) is 8.91. The van der Waals surface area contributed by atoms with Gasteiger partial charge in [-0.3, -0.25) is 0 Å². The number of thiophene rings is 1. The van der Waals surface area contributed by atoms with Crippen LogP contribution in [0.1, 0.15) is 47.4 Å². The molecule has 0 aromatic carbocycles. The number of carbonyl (C=O) groups excluding carboxylic acids is 2. The molecule has 31 heavy (non-hydrogen) atoms. The van der Waals surface area contributed by atoms with Crippen molar-refractivity contribution in [2.45, 2.75) is 46.5 Å². The van der Waals surface area contributed by atoms with Gasteiger partial charge in [-0.25, -0.2) is 0 Å². The molecule has 0 saturated carbocycles. The fraction of sp³-hybridized carbons (Fsp3) is 0.545. The number of aryl methyl sites for hydroxylation is 3. The van der Waals surface area contributed by atoms with E-state index in [4.69, 9.17) is 12.2 Å². The van der Waals surface area contributed by atoms with Gasteiger partial charge in [0.05, 0.1) is 5.69 Å². The van der Waals surface area contributed by atoms with Gasteiger partial charge < -0.3 is 4.52 Å². The van der Waals surface area contributed by atoms with Gasteiger partial charge in [-0.1, -0.05) is 5.16 Å². The van der Waals surface area contributed by atoms with E-state index in [-0.39, 0.29) is 5.91 Å². The Labute approximate surface area is 189 Å². The number of nitrogens with one attached hydrogen (secondary N) is 1. The summed E-state index contributed by atoms with van der Waals surface area (Å²) in [5.74, 6) is -0.0783. The number of nitrogens with zero attached hydrogens (tertiary/aromatic N) is 2. The first-order valence-electron chi connectivity index (χ1n) is 10.5. The predicted octanol–water partition coefficient (Wildman–Crippen LogP) is 3.17. The standard InChI is InChI=1S/C17H24BN2O3S.C5H7NO/c1-13-12-24-16(17(18)23-2)15(13)19-14(22)11-20(9-10-21)7-5-3-4-6-8-20;1-4-3-7-6-5(4)2/h10,12H,3-9,11H2,1-2H3;3H,1-2H3/p+1. The van der Waals surface area contributed by atoms with E-state index < -0.39 is 0 Å². The van der Waals surface area contributed by atoms with E-state index in [1.807, 2.05) is 26.2 Å². The molecule has 0 bridgehead atoms. The SMILES string of the molecule is Cc1conc1C.[B]=C(OC)c1scc(C)c1NC(=O)C[N+]1(CC=O)CCCCCC1. The van der Waals surface area contributed by atoms with E-state index in [9.17, 15) is 9.59 Å². The average Bonchev–Trinajstić information content (AvgIpc) is 3.19. The van der Waals surface area contributed by atoms with Crippen LogP contribution in [0.25, 0.3) is 0 Å². The van der Waals surface area contributed by atoms with E-state index in [0.717, 1.165) is 53.9 Å². The molecular weight excluding hydrogens is 413 g/mol. The molecule has 1 aliphatic heterocycles. The van der Waals surface area contributed by atoms with E-state index in [0.29, 0.717) is 28.9 Å². The van der Waals surface area contributed by atoms with Crippen LogP contribution in [0.4, 0.5) is 5.69 Å². The fourth-order valence-corrected chi connectivity index (χ4v) is 4.56. The van der Waals surface area contributed by atoms with Gasteiger partial charge in [0.15, 0.2) is 0 Å². The number of quaternary nitrogens is 1. The third-order valence-electron chi connectivity index (χ3n) is 5.63. The predicted molar refractivity (Wildman–Crippen MR) is 125 cm³/mol. The number of anilines is 1. The summed E-state index contributed by atoms with van der Waals surface area (Å²) in [6.07, 6.45) is 7.05. The Balaban J connectivity index is 0.000000412. The maximum absolute atomic E-state index is 12.7. The first kappa shape index (κ1) is 25.0. The molecule has 2 aromatic rings. The van der Waals surface area contributed by atoms with Crippen LogP contribution < -0.4 is 5.32 Å². The van der Waals surface area contributed by atoms with Crippen molar-refractivity contribution < 1.29 is 23.3 Å². The molecule has 1 aliphatic rings. The third kappa shape index (κ3) is 7.14. The molecule has 0 atom stereocenters. The quantitative estimate of drug-likeness (QED) is 0.402. The Morgan fingerprint density at radius 3 is 2.42 bits per heavy atom. The second-order valence-electron chi connectivity index (χ2n) is 8.03. The van der Waals surface area contributed by atoms with Crippen LogP contribution in [0.2, 0.25) is 0 Å². The third-order valence-corrected chi connectivity index (χ3v) is 6.74. The number of aldehydes is 1. The van der Waals surface area contributed by atoms with Gasteiger partial charge in [0.1, 0.15) is 6.26 Å². The summed E-state index contributed by atoms with van der Waals surface area (Å²) < 4.78 is 10.2. The van der Waals surface area contributed by atoms with Gasteiger partial charge in [0, 0.05) is 5.56 Å². The normalized spacial score (nSPS) is 15.2. The molecule has 1 saturated heterocycles. The van der Waals surface area contributed by atoms with Crippen LogP contribution in [0.3, 0.4) is 0 Å². The van der Waals surface area contributed by atoms with Gasteiger partial charge in [0.2, 0.25) is 0 Å². The molecule has 7 nitrogen and oxygen atoms in total. The van der Waals surface area contributed by atoms with Crippen LogP contribution in [0.5, 0.6) is 0 Å². The number of carbonyl (C=O) groups is 2. The molecule has 1 fully saturated rings. The van der Waals surface area contributed by atoms with Crippen molar-refractivity contribution in [3.05, 3.63) is 33.3 Å². The topological polar surface area (TPSA) is 81.4 Å². The van der Waals surface area contributed by atoms with E-state index in [1.165, 1.54) is 31.3 Å². The Hall–Kier alpha value is -2.26. The Bertz CT molecular complexity index is 869. The fourth-order valence-electron chi connectivity index (χ4n) is 3.62. The summed E-state index contributed by atoms with van der Waals surface area (Å²) in [7, 11) is 7.38. The van der Waals surface area contributed by atoms with E-state index in [1.54, 1.807) is 6.26 Å². The molecule has 0 aliphatic carbocycles. The number of rotatable bonds is 7. The minimum absolute atomic E-state index is 0.0783. The van der Waals surface area contributed by atoms with Crippen LogP contribution in [0.15, 0.2) is 16.2 Å².